The number of aryl methyl sites for hydroxylation is 3. The Labute approximate surface area is 204 Å². The zero-order chi connectivity index (χ0) is 24.5. The topological polar surface area (TPSA) is 120 Å². The van der Waals surface area contributed by atoms with Gasteiger partial charge in [0.15, 0.2) is 0 Å². The van der Waals surface area contributed by atoms with Gasteiger partial charge in [0.05, 0.1) is 18.7 Å². The SMILES string of the molecule is Cc1cc(CCc2nc(-c3cccnc3OCC3CCCC3)no2)ccc1OCCNCC(=O)O. The van der Waals surface area contributed by atoms with E-state index >= 15 is 0 Å². The summed E-state index contributed by atoms with van der Waals surface area (Å²) >= 11 is 0. The van der Waals surface area contributed by atoms with E-state index in [0.29, 0.717) is 49.7 Å². The number of nitrogens with one attached hydrogen (secondary N) is 1. The van der Waals surface area contributed by atoms with Crippen LogP contribution in [0.1, 0.15) is 42.7 Å². The molecule has 2 heterocycles. The highest BCUT2D eigenvalue weighted by Gasteiger charge is 2.19. The Hall–Kier alpha value is -3.46. The molecule has 4 rings (SSSR count). The van der Waals surface area contributed by atoms with Gasteiger partial charge in [-0.2, -0.15) is 4.98 Å². The van der Waals surface area contributed by atoms with Crippen LogP contribution in [0.4, 0.5) is 0 Å². The second-order valence-corrected chi connectivity index (χ2v) is 8.85. The predicted octanol–water partition coefficient (Wildman–Crippen LogP) is 3.85. The molecule has 2 aromatic heterocycles. The second kappa shape index (κ2) is 12.3. The van der Waals surface area contributed by atoms with E-state index in [4.69, 9.17) is 19.1 Å². The summed E-state index contributed by atoms with van der Waals surface area (Å²) in [5.74, 6) is 2.11. The lowest BCUT2D eigenvalue weighted by Gasteiger charge is -2.12. The van der Waals surface area contributed by atoms with Gasteiger partial charge in [0.2, 0.25) is 17.6 Å². The van der Waals surface area contributed by atoms with E-state index < -0.39 is 5.97 Å². The Morgan fingerprint density at radius 2 is 2.06 bits per heavy atom. The zero-order valence-corrected chi connectivity index (χ0v) is 20.0. The van der Waals surface area contributed by atoms with E-state index in [9.17, 15) is 4.79 Å². The fourth-order valence-corrected chi connectivity index (χ4v) is 4.22. The monoisotopic (exact) mass is 480 g/mol. The van der Waals surface area contributed by atoms with Crippen LogP contribution in [0.2, 0.25) is 0 Å². The minimum absolute atomic E-state index is 0.0751. The number of hydrogen-bond acceptors (Lipinski definition) is 8. The Bertz CT molecular complexity index is 1110. The molecule has 186 valence electrons. The number of rotatable bonds is 13. The van der Waals surface area contributed by atoms with Crippen molar-refractivity contribution >= 4 is 5.97 Å². The summed E-state index contributed by atoms with van der Waals surface area (Å²) in [6.07, 6.45) is 8.07. The zero-order valence-electron chi connectivity index (χ0n) is 20.0. The molecule has 3 aromatic rings. The molecular weight excluding hydrogens is 448 g/mol. The highest BCUT2D eigenvalue weighted by molar-refractivity contribution is 5.69. The molecule has 0 spiro atoms. The third-order valence-corrected chi connectivity index (χ3v) is 6.09. The largest absolute Gasteiger partial charge is 0.492 e. The summed E-state index contributed by atoms with van der Waals surface area (Å²) in [4.78, 5) is 19.5. The molecule has 1 aliphatic carbocycles. The summed E-state index contributed by atoms with van der Waals surface area (Å²) in [5, 5.41) is 15.6. The van der Waals surface area contributed by atoms with Crippen LogP contribution in [0.5, 0.6) is 11.6 Å². The normalized spacial score (nSPS) is 13.7. The number of benzene rings is 1. The molecule has 0 radical (unpaired) electrons. The van der Waals surface area contributed by atoms with E-state index in [0.717, 1.165) is 28.9 Å². The summed E-state index contributed by atoms with van der Waals surface area (Å²) in [7, 11) is 0. The summed E-state index contributed by atoms with van der Waals surface area (Å²) in [5.41, 5.74) is 2.91. The smallest absolute Gasteiger partial charge is 0.317 e. The maximum Gasteiger partial charge on any atom is 0.317 e. The molecule has 2 N–H and O–H groups in total. The first-order valence-corrected chi connectivity index (χ1v) is 12.1. The molecule has 1 fully saturated rings. The summed E-state index contributed by atoms with van der Waals surface area (Å²) < 4.78 is 17.3. The molecule has 0 atom stereocenters. The van der Waals surface area contributed by atoms with Crippen molar-refractivity contribution in [1.29, 1.82) is 0 Å². The Morgan fingerprint density at radius 3 is 2.86 bits per heavy atom. The van der Waals surface area contributed by atoms with E-state index in [1.807, 2.05) is 31.2 Å². The molecule has 1 saturated carbocycles. The maximum atomic E-state index is 10.5. The van der Waals surface area contributed by atoms with E-state index in [2.05, 4.69) is 26.5 Å². The van der Waals surface area contributed by atoms with Crippen molar-refractivity contribution in [2.45, 2.75) is 45.4 Å². The Kier molecular flexibility index (Phi) is 8.67. The molecule has 0 amide bonds. The Balaban J connectivity index is 1.29. The molecule has 9 heteroatoms. The number of aromatic nitrogens is 3. The highest BCUT2D eigenvalue weighted by atomic mass is 16.5. The molecule has 0 saturated heterocycles. The number of hydrogen-bond donors (Lipinski definition) is 2. The highest BCUT2D eigenvalue weighted by Crippen LogP contribution is 2.29. The molecule has 0 bridgehead atoms. The van der Waals surface area contributed by atoms with Crippen molar-refractivity contribution in [3.63, 3.8) is 0 Å². The number of aliphatic carboxylic acids is 1. The van der Waals surface area contributed by atoms with E-state index in [1.165, 1.54) is 25.7 Å². The first kappa shape index (κ1) is 24.7. The van der Waals surface area contributed by atoms with Crippen molar-refractivity contribution in [3.05, 3.63) is 53.5 Å². The fourth-order valence-electron chi connectivity index (χ4n) is 4.22. The number of carboxylic acid groups (broad SMARTS) is 1. The first-order chi connectivity index (χ1) is 17.1. The van der Waals surface area contributed by atoms with Crippen LogP contribution in [0.25, 0.3) is 11.4 Å². The number of carbonyl (C=O) groups is 1. The average molecular weight is 481 g/mol. The lowest BCUT2D eigenvalue weighted by Crippen LogP contribution is -2.27. The van der Waals surface area contributed by atoms with Crippen LogP contribution < -0.4 is 14.8 Å². The van der Waals surface area contributed by atoms with Gasteiger partial charge in [-0.25, -0.2) is 4.98 Å². The van der Waals surface area contributed by atoms with Gasteiger partial charge >= 0.3 is 5.97 Å². The van der Waals surface area contributed by atoms with Crippen LogP contribution >= 0.6 is 0 Å². The molecule has 35 heavy (non-hydrogen) atoms. The van der Waals surface area contributed by atoms with Crippen molar-refractivity contribution in [2.24, 2.45) is 5.92 Å². The van der Waals surface area contributed by atoms with Crippen LogP contribution in [0.15, 0.2) is 41.1 Å². The van der Waals surface area contributed by atoms with Gasteiger partial charge in [-0.3, -0.25) is 4.79 Å². The van der Waals surface area contributed by atoms with Gasteiger partial charge in [-0.15, -0.1) is 0 Å². The molecular formula is C26H32N4O5. The molecule has 1 aliphatic rings. The van der Waals surface area contributed by atoms with Crippen molar-refractivity contribution in [3.8, 4) is 23.0 Å². The van der Waals surface area contributed by atoms with Crippen LogP contribution in [-0.4, -0.2) is 52.5 Å². The average Bonchev–Trinajstić information content (AvgIpc) is 3.55. The standard InChI is InChI=1S/C26H32N4O5/c1-18-15-19(8-10-22(18)33-14-13-27-16-24(31)32)9-11-23-29-25(30-35-23)21-7-4-12-28-26(21)34-17-20-5-2-3-6-20/h4,7-8,10,12,15,20,27H,2-3,5-6,9,11,13-14,16-17H2,1H3,(H,31,32). The van der Waals surface area contributed by atoms with Gasteiger partial charge in [0.25, 0.3) is 0 Å². The lowest BCUT2D eigenvalue weighted by atomic mass is 10.1. The number of ether oxygens (including phenoxy) is 2. The van der Waals surface area contributed by atoms with Gasteiger partial charge in [0.1, 0.15) is 12.4 Å². The molecule has 1 aromatic carbocycles. The Morgan fingerprint density at radius 1 is 1.20 bits per heavy atom. The van der Waals surface area contributed by atoms with Gasteiger partial charge in [0, 0.05) is 19.2 Å². The maximum absolute atomic E-state index is 10.5. The third kappa shape index (κ3) is 7.26. The van der Waals surface area contributed by atoms with Crippen molar-refractivity contribution < 1.29 is 23.9 Å². The fraction of sp³-hybridized carbons (Fsp3) is 0.462. The number of pyridine rings is 1. The van der Waals surface area contributed by atoms with E-state index in [-0.39, 0.29) is 6.54 Å². The minimum Gasteiger partial charge on any atom is -0.492 e. The van der Waals surface area contributed by atoms with Crippen LogP contribution in [-0.2, 0) is 17.6 Å². The molecule has 0 aliphatic heterocycles. The summed E-state index contributed by atoms with van der Waals surface area (Å²) in [6, 6.07) is 9.78. The van der Waals surface area contributed by atoms with Gasteiger partial charge < -0.3 is 24.4 Å². The second-order valence-electron chi connectivity index (χ2n) is 8.85. The summed E-state index contributed by atoms with van der Waals surface area (Å²) in [6.45, 7) is 3.46. The van der Waals surface area contributed by atoms with Crippen molar-refractivity contribution in [2.75, 3.05) is 26.3 Å². The van der Waals surface area contributed by atoms with Crippen LogP contribution in [0.3, 0.4) is 0 Å². The third-order valence-electron chi connectivity index (χ3n) is 6.09. The first-order valence-electron chi connectivity index (χ1n) is 12.1. The number of nitrogens with zero attached hydrogens (tertiary/aromatic N) is 3. The molecule has 0 unspecified atom stereocenters. The number of carboxylic acids is 1. The lowest BCUT2D eigenvalue weighted by molar-refractivity contribution is -0.135. The van der Waals surface area contributed by atoms with E-state index in [1.54, 1.807) is 6.20 Å². The predicted molar refractivity (Wildman–Crippen MR) is 130 cm³/mol. The van der Waals surface area contributed by atoms with Crippen molar-refractivity contribution in [1.82, 2.24) is 20.4 Å². The molecule has 9 nitrogen and oxygen atoms in total. The van der Waals surface area contributed by atoms with Crippen LogP contribution in [0, 0.1) is 12.8 Å². The van der Waals surface area contributed by atoms with Gasteiger partial charge in [-0.1, -0.05) is 30.1 Å². The van der Waals surface area contributed by atoms with Gasteiger partial charge in [-0.05, 0) is 61.4 Å². The quantitative estimate of drug-likeness (QED) is 0.352. The minimum atomic E-state index is -0.882.